The Hall–Kier alpha value is -2.39. The molecule has 0 aliphatic heterocycles. The number of hydrazine groups is 2. The van der Waals surface area contributed by atoms with Crippen molar-refractivity contribution in [2.24, 2.45) is 23.2 Å². The molecule has 1 aromatic rings. The van der Waals surface area contributed by atoms with Gasteiger partial charge in [-0.05, 0) is 12.1 Å². The number of urea groups is 2. The van der Waals surface area contributed by atoms with E-state index in [0.29, 0.717) is 10.0 Å². The third-order valence-electron chi connectivity index (χ3n) is 1.93. The molecule has 0 saturated heterocycles. The number of hydrogen-bond donors (Lipinski definition) is 4. The highest BCUT2D eigenvalue weighted by Gasteiger charge is 2.19. The SMILES string of the molecule is NC(=O)N(N)c1ccc(F)cc1N(N)C(N)=O. The summed E-state index contributed by atoms with van der Waals surface area (Å²) in [6.45, 7) is 0. The number of hydrogen-bond acceptors (Lipinski definition) is 4. The zero-order chi connectivity index (χ0) is 13.2. The van der Waals surface area contributed by atoms with E-state index in [4.69, 9.17) is 23.2 Å². The minimum atomic E-state index is -1.05. The first-order valence-electron chi connectivity index (χ1n) is 4.32. The smallest absolute Gasteiger partial charge is 0.333 e. The van der Waals surface area contributed by atoms with Crippen molar-refractivity contribution in [2.45, 2.75) is 0 Å². The number of carbonyl (C=O) groups is 2. The topological polar surface area (TPSA) is 145 Å². The Morgan fingerprint density at radius 3 is 1.94 bits per heavy atom. The number of benzene rings is 1. The minimum absolute atomic E-state index is 0.0554. The van der Waals surface area contributed by atoms with Crippen molar-refractivity contribution in [3.8, 4) is 0 Å². The van der Waals surface area contributed by atoms with Crippen molar-refractivity contribution in [1.82, 2.24) is 0 Å². The fourth-order valence-electron chi connectivity index (χ4n) is 1.13. The van der Waals surface area contributed by atoms with Gasteiger partial charge in [0, 0.05) is 6.07 Å². The van der Waals surface area contributed by atoms with E-state index in [-0.39, 0.29) is 11.4 Å². The fourth-order valence-corrected chi connectivity index (χ4v) is 1.13. The van der Waals surface area contributed by atoms with Crippen LogP contribution in [0.25, 0.3) is 0 Å². The molecule has 0 bridgehead atoms. The van der Waals surface area contributed by atoms with Gasteiger partial charge in [-0.15, -0.1) is 0 Å². The van der Waals surface area contributed by atoms with Crippen LogP contribution in [-0.2, 0) is 0 Å². The molecule has 0 unspecified atom stereocenters. The second-order valence-corrected chi connectivity index (χ2v) is 3.05. The van der Waals surface area contributed by atoms with Gasteiger partial charge in [0.15, 0.2) is 0 Å². The van der Waals surface area contributed by atoms with Crippen molar-refractivity contribution in [1.29, 1.82) is 0 Å². The Morgan fingerprint density at radius 2 is 1.47 bits per heavy atom. The van der Waals surface area contributed by atoms with Crippen LogP contribution in [0.4, 0.5) is 25.4 Å². The number of nitrogens with two attached hydrogens (primary N) is 4. The Morgan fingerprint density at radius 1 is 1.00 bits per heavy atom. The largest absolute Gasteiger partial charge is 0.350 e. The molecule has 0 atom stereocenters. The molecule has 8 N–H and O–H groups in total. The molecule has 8 nitrogen and oxygen atoms in total. The number of halogens is 1. The van der Waals surface area contributed by atoms with Gasteiger partial charge >= 0.3 is 12.1 Å². The van der Waals surface area contributed by atoms with Crippen LogP contribution in [0.2, 0.25) is 0 Å². The van der Waals surface area contributed by atoms with Crippen LogP contribution in [0.3, 0.4) is 0 Å². The van der Waals surface area contributed by atoms with Crippen LogP contribution >= 0.6 is 0 Å². The molecule has 0 fully saturated rings. The van der Waals surface area contributed by atoms with Crippen molar-refractivity contribution in [3.63, 3.8) is 0 Å². The lowest BCUT2D eigenvalue weighted by molar-refractivity contribution is 0.252. The van der Waals surface area contributed by atoms with Crippen LogP contribution in [0.5, 0.6) is 0 Å². The summed E-state index contributed by atoms with van der Waals surface area (Å²) < 4.78 is 13.0. The van der Waals surface area contributed by atoms with Gasteiger partial charge in [0.2, 0.25) is 0 Å². The average Bonchev–Trinajstić information content (AvgIpc) is 2.26. The lowest BCUT2D eigenvalue weighted by Crippen LogP contribution is -2.46. The van der Waals surface area contributed by atoms with E-state index in [0.717, 1.165) is 18.2 Å². The normalized spacial score (nSPS) is 9.82. The van der Waals surface area contributed by atoms with Crippen LogP contribution in [-0.4, -0.2) is 12.1 Å². The minimum Gasteiger partial charge on any atom is -0.350 e. The quantitative estimate of drug-likeness (QED) is 0.310. The molecule has 0 radical (unpaired) electrons. The number of amides is 4. The monoisotopic (exact) mass is 242 g/mol. The van der Waals surface area contributed by atoms with Crippen molar-refractivity contribution in [3.05, 3.63) is 24.0 Å². The summed E-state index contributed by atoms with van der Waals surface area (Å²) in [5.41, 5.74) is 9.63. The summed E-state index contributed by atoms with van der Waals surface area (Å²) in [6.07, 6.45) is 0. The molecule has 0 aromatic heterocycles. The van der Waals surface area contributed by atoms with E-state index in [2.05, 4.69) is 0 Å². The number of carbonyl (C=O) groups excluding carboxylic acids is 2. The van der Waals surface area contributed by atoms with E-state index in [1.165, 1.54) is 0 Å². The summed E-state index contributed by atoms with van der Waals surface area (Å²) >= 11 is 0. The van der Waals surface area contributed by atoms with Gasteiger partial charge in [0.25, 0.3) is 0 Å². The highest BCUT2D eigenvalue weighted by Crippen LogP contribution is 2.27. The second-order valence-electron chi connectivity index (χ2n) is 3.05. The Balaban J connectivity index is 3.30. The first-order chi connectivity index (χ1) is 7.84. The van der Waals surface area contributed by atoms with Crippen molar-refractivity contribution >= 4 is 23.4 Å². The third kappa shape index (κ3) is 2.59. The molecule has 0 heterocycles. The molecule has 0 saturated carbocycles. The lowest BCUT2D eigenvalue weighted by atomic mass is 10.2. The van der Waals surface area contributed by atoms with Gasteiger partial charge < -0.3 is 11.5 Å². The summed E-state index contributed by atoms with van der Waals surface area (Å²) in [5, 5.41) is 0.957. The number of nitrogens with zero attached hydrogens (tertiary/aromatic N) is 2. The van der Waals surface area contributed by atoms with Gasteiger partial charge in [-0.25, -0.2) is 35.7 Å². The molecule has 0 aliphatic rings. The number of rotatable bonds is 2. The average molecular weight is 242 g/mol. The molecule has 1 rings (SSSR count). The Kier molecular flexibility index (Phi) is 3.46. The van der Waals surface area contributed by atoms with Gasteiger partial charge in [-0.3, -0.25) is 0 Å². The molecular formula is C8H11FN6O2. The van der Waals surface area contributed by atoms with Gasteiger partial charge in [0.1, 0.15) is 5.82 Å². The van der Waals surface area contributed by atoms with Gasteiger partial charge in [-0.2, -0.15) is 0 Å². The van der Waals surface area contributed by atoms with Crippen LogP contribution in [0.15, 0.2) is 18.2 Å². The summed E-state index contributed by atoms with van der Waals surface area (Å²) in [4.78, 5) is 21.8. The van der Waals surface area contributed by atoms with Crippen LogP contribution in [0.1, 0.15) is 0 Å². The molecule has 4 amide bonds. The van der Waals surface area contributed by atoms with E-state index >= 15 is 0 Å². The van der Waals surface area contributed by atoms with Crippen LogP contribution in [0, 0.1) is 5.82 Å². The lowest BCUT2D eigenvalue weighted by Gasteiger charge is -2.22. The van der Waals surface area contributed by atoms with Gasteiger partial charge in [0.05, 0.1) is 11.4 Å². The molecule has 9 heteroatoms. The Bertz CT molecular complexity index is 465. The maximum Gasteiger partial charge on any atom is 0.333 e. The van der Waals surface area contributed by atoms with E-state index < -0.39 is 17.9 Å². The van der Waals surface area contributed by atoms with Gasteiger partial charge in [-0.1, -0.05) is 0 Å². The first kappa shape index (κ1) is 12.7. The molecule has 92 valence electrons. The Labute approximate surface area is 95.5 Å². The molecule has 1 aromatic carbocycles. The zero-order valence-corrected chi connectivity index (χ0v) is 8.63. The number of anilines is 2. The number of primary amides is 2. The summed E-state index contributed by atoms with van der Waals surface area (Å²) in [6, 6.07) is 1.00. The predicted octanol–water partition coefficient (Wildman–Crippen LogP) is -0.657. The first-order valence-corrected chi connectivity index (χ1v) is 4.32. The molecular weight excluding hydrogens is 231 g/mol. The zero-order valence-electron chi connectivity index (χ0n) is 8.63. The molecule has 0 spiro atoms. The summed E-state index contributed by atoms with van der Waals surface area (Å²) in [5.74, 6) is 9.95. The van der Waals surface area contributed by atoms with E-state index in [1.807, 2.05) is 0 Å². The maximum atomic E-state index is 13.0. The predicted molar refractivity (Wildman–Crippen MR) is 58.9 cm³/mol. The standard InChI is InChI=1S/C8H11FN6O2/c9-4-1-2-5(14(12)7(10)16)6(3-4)15(13)8(11)17/h1-3H,12-13H2,(H2,10,16)(H2,11,17). The third-order valence-corrected chi connectivity index (χ3v) is 1.93. The maximum absolute atomic E-state index is 13.0. The van der Waals surface area contributed by atoms with E-state index in [9.17, 15) is 14.0 Å². The fraction of sp³-hybridized carbons (Fsp3) is 0. The molecule has 17 heavy (non-hydrogen) atoms. The van der Waals surface area contributed by atoms with Crippen LogP contribution < -0.4 is 33.2 Å². The van der Waals surface area contributed by atoms with Crippen molar-refractivity contribution in [2.75, 3.05) is 10.0 Å². The highest BCUT2D eigenvalue weighted by molar-refractivity contribution is 5.98. The molecule has 0 aliphatic carbocycles. The summed E-state index contributed by atoms with van der Waals surface area (Å²) in [7, 11) is 0. The second kappa shape index (κ2) is 4.63. The van der Waals surface area contributed by atoms with Crippen molar-refractivity contribution < 1.29 is 14.0 Å². The highest BCUT2D eigenvalue weighted by atomic mass is 19.1. The van der Waals surface area contributed by atoms with E-state index in [1.54, 1.807) is 0 Å².